The summed E-state index contributed by atoms with van der Waals surface area (Å²) in [6, 6.07) is 28.0. The molecule has 4 aromatic rings. The van der Waals surface area contributed by atoms with E-state index in [1.165, 1.54) is 0 Å². The Balaban J connectivity index is 1.28. The molecular weight excluding hydrogens is 570 g/mol. The number of piperidine rings is 1. The number of benzene rings is 3. The minimum atomic E-state index is -0.462. The maximum atomic E-state index is 14.9. The third-order valence-electron chi connectivity index (χ3n) is 9.89. The molecule has 6 rings (SSSR count). The van der Waals surface area contributed by atoms with Crippen molar-refractivity contribution in [3.8, 4) is 5.69 Å². The van der Waals surface area contributed by atoms with Crippen molar-refractivity contribution in [2.24, 2.45) is 5.92 Å². The molecule has 1 saturated carbocycles. The molecule has 7 nitrogen and oxygen atoms in total. The van der Waals surface area contributed by atoms with Gasteiger partial charge >= 0.3 is 6.03 Å². The van der Waals surface area contributed by atoms with Gasteiger partial charge < -0.3 is 10.6 Å². The number of aryl methyl sites for hydroxylation is 1. The predicted octanol–water partition coefficient (Wildman–Crippen LogP) is 8.29. The highest BCUT2D eigenvalue weighted by atomic mass is 16.2. The first kappa shape index (κ1) is 31.7. The Morgan fingerprint density at radius 3 is 2.26 bits per heavy atom. The molecule has 0 unspecified atom stereocenters. The van der Waals surface area contributed by atoms with Gasteiger partial charge in [0.15, 0.2) is 5.78 Å². The number of ketones is 1. The smallest absolute Gasteiger partial charge is 0.317 e. The molecule has 1 saturated heterocycles. The molecule has 3 aromatic carbocycles. The number of aromatic nitrogens is 2. The monoisotopic (exact) mass is 617 g/mol. The largest absolute Gasteiger partial charge is 0.324 e. The molecule has 0 bridgehead atoms. The van der Waals surface area contributed by atoms with Crippen molar-refractivity contribution in [2.45, 2.75) is 83.0 Å². The normalized spacial score (nSPS) is 17.4. The number of nitrogens with zero attached hydrogens (tertiary/aromatic N) is 2. The Bertz CT molecular complexity index is 1660. The van der Waals surface area contributed by atoms with Crippen LogP contribution in [0.4, 0.5) is 16.3 Å². The quantitative estimate of drug-likeness (QED) is 0.186. The van der Waals surface area contributed by atoms with Gasteiger partial charge in [0, 0.05) is 23.1 Å². The van der Waals surface area contributed by atoms with E-state index in [0.717, 1.165) is 79.7 Å². The fourth-order valence-electron chi connectivity index (χ4n) is 7.33. The molecule has 2 amide bonds. The fraction of sp³-hybridized carbons (Fsp3) is 0.410. The van der Waals surface area contributed by atoms with Gasteiger partial charge in [0.1, 0.15) is 5.82 Å². The Morgan fingerprint density at radius 2 is 1.59 bits per heavy atom. The average molecular weight is 618 g/mol. The standard InChI is InChI=1S/C39H47N5O2/c1-27-15-17-32(18-16-27)44-34(26-33(43-44)38(2,3)4)42-37(46)41-31-14-10-11-29(25-31)35(28-19-23-40-24-20-28)36(45)39(21-8-9-22-39)30-12-6-5-7-13-30/h5-7,10-18,25-26,28,35,40H,8-9,19-24H2,1-4H3,(H2,41,42,46)/t35-/m0/s1. The third-order valence-corrected chi connectivity index (χ3v) is 9.89. The number of nitrogens with one attached hydrogen (secondary N) is 3. The van der Waals surface area contributed by atoms with Crippen molar-refractivity contribution >= 4 is 23.3 Å². The van der Waals surface area contributed by atoms with Crippen LogP contribution in [0.1, 0.15) is 87.6 Å². The van der Waals surface area contributed by atoms with Crippen LogP contribution in [0.25, 0.3) is 5.69 Å². The molecule has 1 aliphatic carbocycles. The van der Waals surface area contributed by atoms with Crippen molar-refractivity contribution in [2.75, 3.05) is 23.7 Å². The van der Waals surface area contributed by atoms with Crippen LogP contribution in [0.15, 0.2) is 84.9 Å². The van der Waals surface area contributed by atoms with Crippen LogP contribution in [0, 0.1) is 12.8 Å². The van der Waals surface area contributed by atoms with Crippen LogP contribution in [-0.4, -0.2) is 34.7 Å². The molecular formula is C39H47N5O2. The molecule has 1 aromatic heterocycles. The van der Waals surface area contributed by atoms with Crippen molar-refractivity contribution in [1.82, 2.24) is 15.1 Å². The summed E-state index contributed by atoms with van der Waals surface area (Å²) in [6.45, 7) is 10.2. The van der Waals surface area contributed by atoms with Crippen molar-refractivity contribution in [1.29, 1.82) is 0 Å². The minimum Gasteiger partial charge on any atom is -0.317 e. The van der Waals surface area contributed by atoms with Crippen molar-refractivity contribution in [3.05, 3.63) is 107 Å². The van der Waals surface area contributed by atoms with E-state index in [4.69, 9.17) is 5.10 Å². The molecule has 2 heterocycles. The van der Waals surface area contributed by atoms with E-state index in [0.29, 0.717) is 17.3 Å². The maximum Gasteiger partial charge on any atom is 0.324 e. The topological polar surface area (TPSA) is 88.1 Å². The van der Waals surface area contributed by atoms with Gasteiger partial charge in [-0.15, -0.1) is 0 Å². The van der Waals surface area contributed by atoms with Crippen LogP contribution >= 0.6 is 0 Å². The molecule has 0 radical (unpaired) electrons. The molecule has 3 N–H and O–H groups in total. The van der Waals surface area contributed by atoms with E-state index in [2.05, 4.69) is 67.1 Å². The van der Waals surface area contributed by atoms with Gasteiger partial charge in [-0.1, -0.05) is 93.8 Å². The summed E-state index contributed by atoms with van der Waals surface area (Å²) < 4.78 is 1.78. The molecule has 1 aliphatic heterocycles. The van der Waals surface area contributed by atoms with Crippen LogP contribution in [0.2, 0.25) is 0 Å². The summed E-state index contributed by atoms with van der Waals surface area (Å²) >= 11 is 0. The summed E-state index contributed by atoms with van der Waals surface area (Å²) in [7, 11) is 0. The lowest BCUT2D eigenvalue weighted by molar-refractivity contribution is -0.127. The summed E-state index contributed by atoms with van der Waals surface area (Å²) in [5.74, 6) is 0.943. The lowest BCUT2D eigenvalue weighted by Crippen LogP contribution is -2.42. The van der Waals surface area contributed by atoms with E-state index >= 15 is 0 Å². The zero-order chi connectivity index (χ0) is 32.3. The number of hydrogen-bond donors (Lipinski definition) is 3. The van der Waals surface area contributed by atoms with Gasteiger partial charge in [-0.3, -0.25) is 10.1 Å². The predicted molar refractivity (Wildman–Crippen MR) is 186 cm³/mol. The number of urea groups is 1. The molecule has 0 spiro atoms. The fourth-order valence-corrected chi connectivity index (χ4v) is 7.33. The summed E-state index contributed by atoms with van der Waals surface area (Å²) in [4.78, 5) is 28.4. The molecule has 240 valence electrons. The third kappa shape index (κ3) is 6.66. The van der Waals surface area contributed by atoms with Crippen LogP contribution < -0.4 is 16.0 Å². The highest BCUT2D eigenvalue weighted by Crippen LogP contribution is 2.48. The summed E-state index contributed by atoms with van der Waals surface area (Å²) in [6.07, 6.45) is 5.83. The van der Waals surface area contributed by atoms with Gasteiger partial charge in [0.2, 0.25) is 0 Å². The lowest BCUT2D eigenvalue weighted by Gasteiger charge is -2.37. The highest BCUT2D eigenvalue weighted by molar-refractivity contribution is 6.00. The highest BCUT2D eigenvalue weighted by Gasteiger charge is 2.47. The van der Waals surface area contributed by atoms with Gasteiger partial charge in [0.05, 0.1) is 16.8 Å². The van der Waals surface area contributed by atoms with E-state index in [1.54, 1.807) is 4.68 Å². The second-order valence-corrected chi connectivity index (χ2v) is 14.2. The maximum absolute atomic E-state index is 14.9. The van der Waals surface area contributed by atoms with E-state index in [-0.39, 0.29) is 23.3 Å². The van der Waals surface area contributed by atoms with Crippen molar-refractivity contribution in [3.63, 3.8) is 0 Å². The second-order valence-electron chi connectivity index (χ2n) is 14.2. The van der Waals surface area contributed by atoms with Crippen LogP contribution in [0.3, 0.4) is 0 Å². The first-order valence-corrected chi connectivity index (χ1v) is 16.8. The van der Waals surface area contributed by atoms with Gasteiger partial charge in [-0.2, -0.15) is 5.10 Å². The molecule has 46 heavy (non-hydrogen) atoms. The van der Waals surface area contributed by atoms with Gasteiger partial charge in [-0.25, -0.2) is 9.48 Å². The number of rotatable bonds is 8. The second kappa shape index (κ2) is 13.2. The Labute approximate surface area is 273 Å². The van der Waals surface area contributed by atoms with Gasteiger partial charge in [0.25, 0.3) is 0 Å². The molecule has 2 aliphatic rings. The summed E-state index contributed by atoms with van der Waals surface area (Å²) in [5.41, 5.74) is 5.05. The van der Waals surface area contributed by atoms with Crippen molar-refractivity contribution < 1.29 is 9.59 Å². The minimum absolute atomic E-state index is 0.191. The summed E-state index contributed by atoms with van der Waals surface area (Å²) in [5, 5.41) is 14.4. The van der Waals surface area contributed by atoms with Crippen LogP contribution in [-0.2, 0) is 15.6 Å². The SMILES string of the molecule is Cc1ccc(-n2nc(C(C)(C)C)cc2NC(=O)Nc2cccc([C@@H](C(=O)C3(c4ccccc4)CCCC3)C3CCNCC3)c2)cc1. The number of amides is 2. The molecule has 7 heteroatoms. The van der Waals surface area contributed by atoms with Crippen LogP contribution in [0.5, 0.6) is 0 Å². The Hall–Kier alpha value is -4.23. The Kier molecular flexibility index (Phi) is 9.14. The first-order valence-electron chi connectivity index (χ1n) is 16.8. The van der Waals surface area contributed by atoms with E-state index in [1.807, 2.05) is 61.5 Å². The number of carbonyl (C=O) groups is 2. The zero-order valence-electron chi connectivity index (χ0n) is 27.6. The number of carbonyl (C=O) groups excluding carboxylic acids is 2. The number of anilines is 2. The zero-order valence-corrected chi connectivity index (χ0v) is 27.6. The van der Waals surface area contributed by atoms with Gasteiger partial charge in [-0.05, 0) is 87.0 Å². The first-order chi connectivity index (χ1) is 22.1. The molecule has 2 fully saturated rings. The average Bonchev–Trinajstić information content (AvgIpc) is 3.72. The molecule has 1 atom stereocenters. The number of hydrogen-bond acceptors (Lipinski definition) is 4. The van der Waals surface area contributed by atoms with E-state index < -0.39 is 5.41 Å². The number of Topliss-reactive ketones (excluding diaryl/α,β-unsaturated/α-hetero) is 1. The lowest BCUT2D eigenvalue weighted by atomic mass is 9.65. The van der Waals surface area contributed by atoms with E-state index in [9.17, 15) is 9.59 Å². The Morgan fingerprint density at radius 1 is 0.891 bits per heavy atom.